The largest absolute Gasteiger partial charge is 0.416 e. The molecule has 0 aliphatic rings. The smallest absolute Gasteiger partial charge is 0.359 e. The zero-order valence-electron chi connectivity index (χ0n) is 10.9. The number of hydrogen-bond acceptors (Lipinski definition) is 4. The van der Waals surface area contributed by atoms with Crippen LogP contribution in [0, 0.1) is 10.1 Å². The zero-order chi connectivity index (χ0) is 15.6. The van der Waals surface area contributed by atoms with Crippen LogP contribution in [0.5, 0.6) is 0 Å². The minimum Gasteiger partial charge on any atom is -0.359 e. The van der Waals surface area contributed by atoms with E-state index < -0.39 is 16.7 Å². The summed E-state index contributed by atoms with van der Waals surface area (Å²) >= 11 is 0. The van der Waals surface area contributed by atoms with Crippen LogP contribution in [0.3, 0.4) is 0 Å². The van der Waals surface area contributed by atoms with Gasteiger partial charge in [-0.3, -0.25) is 14.8 Å². The molecule has 1 aromatic heterocycles. The molecule has 0 atom stereocenters. The quantitative estimate of drug-likeness (QED) is 0.696. The van der Waals surface area contributed by atoms with Gasteiger partial charge in [-0.15, -0.1) is 5.10 Å². The van der Waals surface area contributed by atoms with Crippen molar-refractivity contribution in [3.05, 3.63) is 51.7 Å². The molecule has 0 amide bonds. The van der Waals surface area contributed by atoms with Gasteiger partial charge in [0.1, 0.15) is 6.20 Å². The average Bonchev–Trinajstić information content (AvgIpc) is 2.77. The van der Waals surface area contributed by atoms with Gasteiger partial charge < -0.3 is 5.32 Å². The van der Waals surface area contributed by atoms with E-state index in [1.807, 2.05) is 0 Å². The van der Waals surface area contributed by atoms with Crippen molar-refractivity contribution in [1.29, 1.82) is 0 Å². The van der Waals surface area contributed by atoms with E-state index in [1.165, 1.54) is 36.1 Å². The molecular weight excluding hydrogens is 289 g/mol. The van der Waals surface area contributed by atoms with Crippen molar-refractivity contribution in [2.75, 3.05) is 5.32 Å². The third-order valence-electron chi connectivity index (χ3n) is 2.78. The Bertz CT molecular complexity index is 667. The van der Waals surface area contributed by atoms with Gasteiger partial charge in [0.25, 0.3) is 0 Å². The molecule has 0 saturated heterocycles. The van der Waals surface area contributed by atoms with E-state index in [-0.39, 0.29) is 23.6 Å². The Hall–Kier alpha value is -2.58. The molecule has 0 bridgehead atoms. The van der Waals surface area contributed by atoms with Crippen LogP contribution in [-0.2, 0) is 19.8 Å². The van der Waals surface area contributed by atoms with Crippen LogP contribution in [0.2, 0.25) is 0 Å². The third kappa shape index (κ3) is 3.30. The fourth-order valence-electron chi connectivity index (χ4n) is 1.87. The number of hydrogen-bond donors (Lipinski definition) is 1. The van der Waals surface area contributed by atoms with Crippen molar-refractivity contribution in [2.24, 2.45) is 7.05 Å². The topological polar surface area (TPSA) is 73.0 Å². The van der Waals surface area contributed by atoms with Crippen molar-refractivity contribution >= 4 is 11.5 Å². The van der Waals surface area contributed by atoms with Gasteiger partial charge in [-0.1, -0.05) is 18.2 Å². The molecule has 9 heteroatoms. The standard InChI is InChI=1S/C12H11F3N4O2/c1-18-7-10(19(20)21)11(17-18)16-6-8-4-2-3-5-9(8)12(13,14)15/h2-5,7H,6H2,1H3,(H,16,17). The summed E-state index contributed by atoms with van der Waals surface area (Å²) in [7, 11) is 1.49. The molecule has 1 heterocycles. The predicted octanol–water partition coefficient (Wildman–Crippen LogP) is 2.96. The Balaban J connectivity index is 2.24. The molecule has 21 heavy (non-hydrogen) atoms. The van der Waals surface area contributed by atoms with Crippen molar-refractivity contribution in [2.45, 2.75) is 12.7 Å². The second kappa shape index (κ2) is 5.43. The average molecular weight is 300 g/mol. The van der Waals surface area contributed by atoms with Crippen molar-refractivity contribution in [3.63, 3.8) is 0 Å². The summed E-state index contributed by atoms with van der Waals surface area (Å²) in [6.45, 7) is -0.215. The van der Waals surface area contributed by atoms with E-state index >= 15 is 0 Å². The van der Waals surface area contributed by atoms with E-state index in [0.29, 0.717) is 0 Å². The molecule has 112 valence electrons. The van der Waals surface area contributed by atoms with E-state index in [0.717, 1.165) is 6.07 Å². The summed E-state index contributed by atoms with van der Waals surface area (Å²) in [5, 5.41) is 17.2. The van der Waals surface area contributed by atoms with Gasteiger partial charge in [0.2, 0.25) is 5.82 Å². The summed E-state index contributed by atoms with van der Waals surface area (Å²) in [5.74, 6) is -0.0699. The normalized spacial score (nSPS) is 11.4. The molecular formula is C12H11F3N4O2. The number of alkyl halides is 3. The lowest BCUT2D eigenvalue weighted by Crippen LogP contribution is -2.12. The molecule has 2 rings (SSSR count). The molecule has 0 radical (unpaired) electrons. The minimum absolute atomic E-state index is 0.00930. The molecule has 0 fully saturated rings. The maximum absolute atomic E-state index is 12.8. The Labute approximate surface area is 117 Å². The highest BCUT2D eigenvalue weighted by atomic mass is 19.4. The molecule has 0 saturated carbocycles. The number of nitrogens with one attached hydrogen (secondary N) is 1. The van der Waals surface area contributed by atoms with E-state index in [2.05, 4.69) is 10.4 Å². The Morgan fingerprint density at radius 1 is 1.38 bits per heavy atom. The Morgan fingerprint density at radius 2 is 2.05 bits per heavy atom. The lowest BCUT2D eigenvalue weighted by Gasteiger charge is -2.12. The van der Waals surface area contributed by atoms with Crippen LogP contribution in [0.25, 0.3) is 0 Å². The number of rotatable bonds is 4. The van der Waals surface area contributed by atoms with Crippen LogP contribution < -0.4 is 5.32 Å². The van der Waals surface area contributed by atoms with Gasteiger partial charge in [0.05, 0.1) is 10.5 Å². The monoisotopic (exact) mass is 300 g/mol. The summed E-state index contributed by atoms with van der Waals surface area (Å²) in [6, 6.07) is 5.03. The first kappa shape index (κ1) is 14.8. The maximum atomic E-state index is 12.8. The SMILES string of the molecule is Cn1cc([N+](=O)[O-])c(NCc2ccccc2C(F)(F)F)n1. The van der Waals surface area contributed by atoms with Crippen LogP contribution in [0.1, 0.15) is 11.1 Å². The van der Waals surface area contributed by atoms with E-state index in [4.69, 9.17) is 0 Å². The second-order valence-corrected chi connectivity index (χ2v) is 4.30. The fraction of sp³-hybridized carbons (Fsp3) is 0.250. The number of nitro groups is 1. The van der Waals surface area contributed by atoms with Crippen molar-refractivity contribution < 1.29 is 18.1 Å². The molecule has 0 unspecified atom stereocenters. The number of halogens is 3. The maximum Gasteiger partial charge on any atom is 0.416 e. The summed E-state index contributed by atoms with van der Waals surface area (Å²) in [5.41, 5.74) is -1.08. The molecule has 0 aliphatic heterocycles. The summed E-state index contributed by atoms with van der Waals surface area (Å²) in [6.07, 6.45) is -3.30. The van der Waals surface area contributed by atoms with Gasteiger partial charge in [0, 0.05) is 13.6 Å². The number of aryl methyl sites for hydroxylation is 1. The van der Waals surface area contributed by atoms with Gasteiger partial charge in [0.15, 0.2) is 0 Å². The van der Waals surface area contributed by atoms with Crippen LogP contribution >= 0.6 is 0 Å². The first-order valence-electron chi connectivity index (χ1n) is 5.86. The number of anilines is 1. The molecule has 1 N–H and O–H groups in total. The van der Waals surface area contributed by atoms with Gasteiger partial charge in [-0.25, -0.2) is 0 Å². The van der Waals surface area contributed by atoms with Gasteiger partial charge in [-0.05, 0) is 11.6 Å². The lowest BCUT2D eigenvalue weighted by atomic mass is 10.1. The highest BCUT2D eigenvalue weighted by molar-refractivity contribution is 5.55. The van der Waals surface area contributed by atoms with Crippen LogP contribution in [0.4, 0.5) is 24.7 Å². The minimum atomic E-state index is -4.48. The van der Waals surface area contributed by atoms with E-state index in [1.54, 1.807) is 0 Å². The van der Waals surface area contributed by atoms with Crippen molar-refractivity contribution in [1.82, 2.24) is 9.78 Å². The molecule has 0 aliphatic carbocycles. The third-order valence-corrected chi connectivity index (χ3v) is 2.78. The zero-order valence-corrected chi connectivity index (χ0v) is 10.9. The van der Waals surface area contributed by atoms with Gasteiger partial charge in [-0.2, -0.15) is 13.2 Å². The fourth-order valence-corrected chi connectivity index (χ4v) is 1.87. The molecule has 1 aromatic carbocycles. The Morgan fingerprint density at radius 3 is 2.67 bits per heavy atom. The number of aromatic nitrogens is 2. The highest BCUT2D eigenvalue weighted by Gasteiger charge is 2.33. The first-order chi connectivity index (χ1) is 9.79. The van der Waals surface area contributed by atoms with Crippen molar-refractivity contribution in [3.8, 4) is 0 Å². The molecule has 2 aromatic rings. The second-order valence-electron chi connectivity index (χ2n) is 4.30. The number of nitrogens with zero attached hydrogens (tertiary/aromatic N) is 3. The predicted molar refractivity (Wildman–Crippen MR) is 68.6 cm³/mol. The molecule has 0 spiro atoms. The first-order valence-corrected chi connectivity index (χ1v) is 5.86. The summed E-state index contributed by atoms with van der Waals surface area (Å²) in [4.78, 5) is 10.2. The highest BCUT2D eigenvalue weighted by Crippen LogP contribution is 2.32. The Kier molecular flexibility index (Phi) is 3.83. The van der Waals surface area contributed by atoms with E-state index in [9.17, 15) is 23.3 Å². The lowest BCUT2D eigenvalue weighted by molar-refractivity contribution is -0.384. The van der Waals surface area contributed by atoms with Gasteiger partial charge >= 0.3 is 11.9 Å². The summed E-state index contributed by atoms with van der Waals surface area (Å²) < 4.78 is 39.7. The molecule has 6 nitrogen and oxygen atoms in total. The number of benzene rings is 1. The van der Waals surface area contributed by atoms with Crippen LogP contribution in [0.15, 0.2) is 30.5 Å². The van der Waals surface area contributed by atoms with Crippen LogP contribution in [-0.4, -0.2) is 14.7 Å².